The van der Waals surface area contributed by atoms with E-state index in [0.29, 0.717) is 0 Å². The minimum absolute atomic E-state index is 0.125. The van der Waals surface area contributed by atoms with Crippen molar-refractivity contribution in [2.75, 3.05) is 4.90 Å². The van der Waals surface area contributed by atoms with Crippen molar-refractivity contribution in [2.24, 2.45) is 0 Å². The second kappa shape index (κ2) is 14.8. The molecule has 0 saturated carbocycles. The minimum Gasteiger partial charge on any atom is -0.456 e. The second-order valence-corrected chi connectivity index (χ2v) is 18.7. The number of anilines is 3. The molecule has 9 aromatic carbocycles. The molecule has 0 fully saturated rings. The highest BCUT2D eigenvalue weighted by atomic mass is 16.3. The molecule has 1 unspecified atom stereocenters. The molecule has 3 aliphatic carbocycles. The minimum atomic E-state index is -0.401. The van der Waals surface area contributed by atoms with E-state index in [1.165, 1.54) is 66.8 Å². The molecule has 1 atom stereocenters. The molecule has 2 nitrogen and oxygen atoms in total. The van der Waals surface area contributed by atoms with E-state index in [1.807, 2.05) is 12.1 Å². The lowest BCUT2D eigenvalue weighted by molar-refractivity contribution is 0.660. The molecule has 0 aliphatic heterocycles. The van der Waals surface area contributed by atoms with Gasteiger partial charge in [-0.25, -0.2) is 0 Å². The van der Waals surface area contributed by atoms with E-state index in [1.54, 1.807) is 0 Å². The number of para-hydroxylation sites is 1. The largest absolute Gasteiger partial charge is 0.456 e. The van der Waals surface area contributed by atoms with Crippen LogP contribution in [0.25, 0.3) is 66.4 Å². The third-order valence-corrected chi connectivity index (χ3v) is 14.8. The summed E-state index contributed by atoms with van der Waals surface area (Å²) in [7, 11) is 0. The van der Waals surface area contributed by atoms with E-state index in [0.717, 1.165) is 63.0 Å². The number of hydrogen-bond acceptors (Lipinski definition) is 2. The Hall–Kier alpha value is -7.94. The Morgan fingerprint density at radius 1 is 0.424 bits per heavy atom. The summed E-state index contributed by atoms with van der Waals surface area (Å²) in [5.41, 5.74) is 22.8. The van der Waals surface area contributed by atoms with Gasteiger partial charge in [-0.3, -0.25) is 0 Å². The van der Waals surface area contributed by atoms with Gasteiger partial charge in [-0.15, -0.1) is 0 Å². The van der Waals surface area contributed by atoms with Gasteiger partial charge in [0.25, 0.3) is 0 Å². The molecular weight excluding hydrogens is 799 g/mol. The average molecular weight is 846 g/mol. The zero-order chi connectivity index (χ0) is 44.0. The SMILES string of the molecule is CC1(C)c2ccccc2-c2ccc(N(c3ccc(-c4ccc5oc6ccccc6c5c4)cc3)c3ccc(-c4cccc5c4-c4ccccc4C5(C4=CCCC=C4)c4ccccc4)cc3)cc21. The zero-order valence-electron chi connectivity index (χ0n) is 37.1. The molecule has 0 radical (unpaired) electrons. The van der Waals surface area contributed by atoms with Gasteiger partial charge < -0.3 is 9.32 Å². The third-order valence-electron chi connectivity index (χ3n) is 14.8. The molecule has 10 aromatic rings. The van der Waals surface area contributed by atoms with Gasteiger partial charge in [0.15, 0.2) is 0 Å². The van der Waals surface area contributed by atoms with Crippen LogP contribution in [-0.4, -0.2) is 0 Å². The van der Waals surface area contributed by atoms with Crippen molar-refractivity contribution in [1.29, 1.82) is 0 Å². The van der Waals surface area contributed by atoms with Crippen LogP contribution in [0.5, 0.6) is 0 Å². The van der Waals surface area contributed by atoms with Gasteiger partial charge in [-0.2, -0.15) is 0 Å². The lowest BCUT2D eigenvalue weighted by atomic mass is 9.66. The standard InChI is InChI=1S/C64H47NO/c1-63(2)56-24-12-9-20-51(56)52-38-37-49(41-59(52)63)65(47-33-28-42(29-34-47)44-32-39-61-55(40-44)53-21-11-14-27-60(53)66-61)48-35-30-43(31-36-48)50-23-15-26-58-62(50)54-22-10-13-25-57(54)64(58,45-16-5-3-6-17-45)46-18-7-4-8-19-46/h3,5-7,9-41H,4,8H2,1-2H3. The summed E-state index contributed by atoms with van der Waals surface area (Å²) in [6, 6.07) is 76.3. The van der Waals surface area contributed by atoms with Crippen molar-refractivity contribution in [3.8, 4) is 44.5 Å². The molecule has 2 heteroatoms. The van der Waals surface area contributed by atoms with Gasteiger partial charge >= 0.3 is 0 Å². The van der Waals surface area contributed by atoms with Crippen LogP contribution in [0.2, 0.25) is 0 Å². The Balaban J connectivity index is 0.938. The van der Waals surface area contributed by atoms with Gasteiger partial charge in [0.05, 0.1) is 5.41 Å². The van der Waals surface area contributed by atoms with Crippen molar-refractivity contribution in [3.05, 3.63) is 258 Å². The smallest absolute Gasteiger partial charge is 0.135 e. The molecular formula is C64H47NO. The molecule has 1 aromatic heterocycles. The van der Waals surface area contributed by atoms with E-state index in [4.69, 9.17) is 4.42 Å². The normalized spacial score (nSPS) is 16.4. The summed E-state index contributed by atoms with van der Waals surface area (Å²) < 4.78 is 6.17. The van der Waals surface area contributed by atoms with Crippen LogP contribution in [0.1, 0.15) is 54.5 Å². The summed E-state index contributed by atoms with van der Waals surface area (Å²) >= 11 is 0. The first-order chi connectivity index (χ1) is 32.5. The van der Waals surface area contributed by atoms with E-state index < -0.39 is 5.41 Å². The van der Waals surface area contributed by atoms with Crippen LogP contribution in [0.3, 0.4) is 0 Å². The Bertz CT molecular complexity index is 3600. The fraction of sp³-hybridized carbons (Fsp3) is 0.0938. The monoisotopic (exact) mass is 845 g/mol. The van der Waals surface area contributed by atoms with Crippen molar-refractivity contribution in [3.63, 3.8) is 0 Å². The van der Waals surface area contributed by atoms with E-state index in [9.17, 15) is 0 Å². The quantitative estimate of drug-likeness (QED) is 0.159. The maximum Gasteiger partial charge on any atom is 0.135 e. The summed E-state index contributed by atoms with van der Waals surface area (Å²) in [6.45, 7) is 4.72. The number of nitrogens with zero attached hydrogens (tertiary/aromatic N) is 1. The van der Waals surface area contributed by atoms with Gasteiger partial charge in [-0.1, -0.05) is 184 Å². The van der Waals surface area contributed by atoms with Gasteiger partial charge in [0.2, 0.25) is 0 Å². The molecule has 3 aliphatic rings. The van der Waals surface area contributed by atoms with Gasteiger partial charge in [-0.05, 0) is 145 Å². The second-order valence-electron chi connectivity index (χ2n) is 18.7. The third kappa shape index (κ3) is 5.67. The fourth-order valence-corrected chi connectivity index (χ4v) is 11.7. The molecule has 0 saturated heterocycles. The fourth-order valence-electron chi connectivity index (χ4n) is 11.7. The molecule has 1 heterocycles. The summed E-state index contributed by atoms with van der Waals surface area (Å²) in [4.78, 5) is 2.42. The van der Waals surface area contributed by atoms with Crippen molar-refractivity contribution in [2.45, 2.75) is 37.5 Å². The number of fused-ring (bicyclic) bond motifs is 9. The van der Waals surface area contributed by atoms with Crippen molar-refractivity contribution in [1.82, 2.24) is 0 Å². The molecule has 13 rings (SSSR count). The maximum atomic E-state index is 6.17. The van der Waals surface area contributed by atoms with Crippen LogP contribution >= 0.6 is 0 Å². The van der Waals surface area contributed by atoms with Crippen LogP contribution in [-0.2, 0) is 10.8 Å². The van der Waals surface area contributed by atoms with Crippen LogP contribution in [0.4, 0.5) is 17.1 Å². The van der Waals surface area contributed by atoms with Gasteiger partial charge in [0, 0.05) is 33.2 Å². The number of furan rings is 1. The highest BCUT2D eigenvalue weighted by Gasteiger charge is 2.47. The maximum absolute atomic E-state index is 6.17. The molecule has 314 valence electrons. The Morgan fingerprint density at radius 3 is 1.83 bits per heavy atom. The predicted octanol–water partition coefficient (Wildman–Crippen LogP) is 17.3. The predicted molar refractivity (Wildman–Crippen MR) is 275 cm³/mol. The number of benzene rings is 9. The summed E-state index contributed by atoms with van der Waals surface area (Å²) in [5, 5.41) is 2.28. The molecule has 0 spiro atoms. The van der Waals surface area contributed by atoms with Crippen LogP contribution in [0, 0.1) is 0 Å². The van der Waals surface area contributed by atoms with Crippen molar-refractivity contribution >= 4 is 39.0 Å². The zero-order valence-corrected chi connectivity index (χ0v) is 37.1. The average Bonchev–Trinajstić information content (AvgIpc) is 3.98. The van der Waals surface area contributed by atoms with Crippen molar-refractivity contribution < 1.29 is 4.42 Å². The van der Waals surface area contributed by atoms with E-state index >= 15 is 0 Å². The molecule has 0 bridgehead atoms. The first-order valence-corrected chi connectivity index (χ1v) is 23.3. The molecule has 0 N–H and O–H groups in total. The number of allylic oxidation sites excluding steroid dienone is 4. The first-order valence-electron chi connectivity index (χ1n) is 23.3. The Kier molecular flexibility index (Phi) is 8.64. The van der Waals surface area contributed by atoms with E-state index in [2.05, 4.69) is 231 Å². The van der Waals surface area contributed by atoms with Crippen LogP contribution < -0.4 is 4.90 Å². The Labute approximate surface area is 386 Å². The topological polar surface area (TPSA) is 16.4 Å². The van der Waals surface area contributed by atoms with Crippen LogP contribution in [0.15, 0.2) is 234 Å². The Morgan fingerprint density at radius 2 is 1.05 bits per heavy atom. The molecule has 0 amide bonds. The number of hydrogen-bond donors (Lipinski definition) is 0. The number of rotatable bonds is 7. The van der Waals surface area contributed by atoms with E-state index in [-0.39, 0.29) is 5.41 Å². The summed E-state index contributed by atoms with van der Waals surface area (Å²) in [6.07, 6.45) is 9.33. The highest BCUT2D eigenvalue weighted by molar-refractivity contribution is 6.06. The highest BCUT2D eigenvalue weighted by Crippen LogP contribution is 2.59. The lowest BCUT2D eigenvalue weighted by Gasteiger charge is -2.35. The summed E-state index contributed by atoms with van der Waals surface area (Å²) in [5.74, 6) is 0. The lowest BCUT2D eigenvalue weighted by Crippen LogP contribution is -2.29. The van der Waals surface area contributed by atoms with Gasteiger partial charge in [0.1, 0.15) is 11.2 Å². The molecule has 66 heavy (non-hydrogen) atoms. The first kappa shape index (κ1) is 38.5.